The fourth-order valence-electron chi connectivity index (χ4n) is 3.02. The molecule has 1 heterocycles. The zero-order valence-electron chi connectivity index (χ0n) is 13.1. The van der Waals surface area contributed by atoms with Crippen LogP contribution in [0.3, 0.4) is 0 Å². The first kappa shape index (κ1) is 16.5. The summed E-state index contributed by atoms with van der Waals surface area (Å²) < 4.78 is 32.2. The molecule has 0 bridgehead atoms. The van der Waals surface area contributed by atoms with Crippen LogP contribution in [0.25, 0.3) is 0 Å². The molecule has 1 saturated carbocycles. The van der Waals surface area contributed by atoms with Crippen molar-refractivity contribution in [2.45, 2.75) is 56.7 Å². The maximum absolute atomic E-state index is 12.6. The second-order valence-electron chi connectivity index (χ2n) is 5.86. The Kier molecular flexibility index (Phi) is 5.46. The maximum Gasteiger partial charge on any atom is 0.276 e. The summed E-state index contributed by atoms with van der Waals surface area (Å²) in [6.45, 7) is 2.73. The molecule has 0 radical (unpaired) electrons. The number of rotatable bonds is 6. The average Bonchev–Trinajstić information content (AvgIpc) is 2.96. The lowest BCUT2D eigenvalue weighted by atomic mass is 9.85. The Bertz CT molecular complexity index is 545. The van der Waals surface area contributed by atoms with Gasteiger partial charge >= 0.3 is 0 Å². The fraction of sp³-hybridized carbons (Fsp3) is 0.733. The van der Waals surface area contributed by atoms with Crippen LogP contribution in [-0.2, 0) is 16.6 Å². The minimum Gasteiger partial charge on any atom is -0.447 e. The molecular formula is C15H26N2O3S. The normalized spacial score (nSPS) is 23.6. The van der Waals surface area contributed by atoms with Gasteiger partial charge in [-0.25, -0.2) is 8.42 Å². The van der Waals surface area contributed by atoms with E-state index in [1.807, 2.05) is 0 Å². The van der Waals surface area contributed by atoms with E-state index in [0.29, 0.717) is 12.3 Å². The monoisotopic (exact) mass is 314 g/mol. The Labute approximate surface area is 127 Å². The van der Waals surface area contributed by atoms with E-state index in [1.165, 1.54) is 10.7 Å². The molecular weight excluding hydrogens is 288 g/mol. The highest BCUT2D eigenvalue weighted by atomic mass is 32.2. The lowest BCUT2D eigenvalue weighted by Crippen LogP contribution is -2.39. The predicted octanol–water partition coefficient (Wildman–Crippen LogP) is 2.59. The maximum atomic E-state index is 12.6. The first-order valence-electron chi connectivity index (χ1n) is 7.70. The Balaban J connectivity index is 2.07. The summed E-state index contributed by atoms with van der Waals surface area (Å²) in [4.78, 5) is 0. The van der Waals surface area contributed by atoms with Gasteiger partial charge in [0, 0.05) is 13.1 Å². The lowest BCUT2D eigenvalue weighted by Gasteiger charge is -2.33. The van der Waals surface area contributed by atoms with Gasteiger partial charge in [0.1, 0.15) is 5.76 Å². The number of hydrogen-bond acceptors (Lipinski definition) is 4. The highest BCUT2D eigenvalue weighted by Crippen LogP contribution is 2.31. The quantitative estimate of drug-likeness (QED) is 0.876. The largest absolute Gasteiger partial charge is 0.447 e. The summed E-state index contributed by atoms with van der Waals surface area (Å²) in [5.41, 5.74) is 0. The van der Waals surface area contributed by atoms with Crippen LogP contribution < -0.4 is 5.32 Å². The van der Waals surface area contributed by atoms with Crippen LogP contribution in [0.15, 0.2) is 21.6 Å². The molecule has 1 aliphatic rings. The molecule has 0 spiro atoms. The second-order valence-corrected chi connectivity index (χ2v) is 7.78. The number of nitrogens with one attached hydrogen (secondary N) is 1. The Morgan fingerprint density at radius 1 is 1.29 bits per heavy atom. The van der Waals surface area contributed by atoms with Crippen LogP contribution in [0.4, 0.5) is 0 Å². The number of sulfonamides is 1. The fourth-order valence-corrected chi connectivity index (χ4v) is 4.36. The van der Waals surface area contributed by atoms with Gasteiger partial charge in [-0.05, 0) is 50.8 Å². The van der Waals surface area contributed by atoms with E-state index in [0.717, 1.165) is 31.6 Å². The second kappa shape index (κ2) is 6.94. The lowest BCUT2D eigenvalue weighted by molar-refractivity contribution is 0.229. The molecule has 0 unspecified atom stereocenters. The minimum atomic E-state index is -3.52. The zero-order chi connectivity index (χ0) is 15.5. The topological polar surface area (TPSA) is 62.6 Å². The van der Waals surface area contributed by atoms with Crippen LogP contribution in [0.2, 0.25) is 0 Å². The van der Waals surface area contributed by atoms with E-state index >= 15 is 0 Å². The van der Waals surface area contributed by atoms with Gasteiger partial charge in [-0.2, -0.15) is 4.31 Å². The van der Waals surface area contributed by atoms with Gasteiger partial charge in [-0.1, -0.05) is 13.3 Å². The molecule has 120 valence electrons. The van der Waals surface area contributed by atoms with Crippen molar-refractivity contribution in [2.75, 3.05) is 14.1 Å². The summed E-state index contributed by atoms with van der Waals surface area (Å²) in [7, 11) is -0.0477. The standard InChI is InChI=1S/C15H26N2O3S/c1-4-12-5-7-13(8-6-12)17(3)21(18,19)15-10-9-14(20-15)11-16-2/h9-10,12-13,16H,4-8,11H2,1-3H3. The summed E-state index contributed by atoms with van der Waals surface area (Å²) in [5, 5.41) is 3.00. The first-order chi connectivity index (χ1) is 9.98. The number of furan rings is 1. The van der Waals surface area contributed by atoms with Crippen LogP contribution in [0.5, 0.6) is 0 Å². The molecule has 1 aliphatic carbocycles. The van der Waals surface area contributed by atoms with Crippen LogP contribution in [-0.4, -0.2) is 32.9 Å². The van der Waals surface area contributed by atoms with Gasteiger partial charge in [0.05, 0.1) is 6.54 Å². The van der Waals surface area contributed by atoms with E-state index in [1.54, 1.807) is 26.2 Å². The Morgan fingerprint density at radius 3 is 2.52 bits per heavy atom. The van der Waals surface area contributed by atoms with Crippen LogP contribution >= 0.6 is 0 Å². The van der Waals surface area contributed by atoms with Crippen molar-refractivity contribution >= 4 is 10.0 Å². The molecule has 6 heteroatoms. The van der Waals surface area contributed by atoms with E-state index in [2.05, 4.69) is 12.2 Å². The smallest absolute Gasteiger partial charge is 0.276 e. The Morgan fingerprint density at radius 2 is 1.95 bits per heavy atom. The summed E-state index contributed by atoms with van der Waals surface area (Å²) in [5.74, 6) is 1.39. The van der Waals surface area contributed by atoms with Crippen LogP contribution in [0.1, 0.15) is 44.8 Å². The van der Waals surface area contributed by atoms with Crippen molar-refractivity contribution in [3.63, 3.8) is 0 Å². The molecule has 0 atom stereocenters. The SMILES string of the molecule is CCC1CCC(N(C)S(=O)(=O)c2ccc(CNC)o2)CC1. The molecule has 1 aromatic rings. The van der Waals surface area contributed by atoms with Crippen LogP contribution in [0, 0.1) is 5.92 Å². The van der Waals surface area contributed by atoms with Crippen molar-refractivity contribution in [1.82, 2.24) is 9.62 Å². The third kappa shape index (κ3) is 3.67. The molecule has 1 aromatic heterocycles. The summed E-state index contributed by atoms with van der Waals surface area (Å²) in [6, 6.07) is 3.36. The minimum absolute atomic E-state index is 0.0489. The average molecular weight is 314 g/mol. The van der Waals surface area contributed by atoms with Gasteiger partial charge in [0.15, 0.2) is 0 Å². The van der Waals surface area contributed by atoms with Gasteiger partial charge in [0.25, 0.3) is 10.0 Å². The third-order valence-corrected chi connectivity index (χ3v) is 6.31. The molecule has 1 fully saturated rings. The van der Waals surface area contributed by atoms with E-state index in [-0.39, 0.29) is 11.1 Å². The van der Waals surface area contributed by atoms with Crippen molar-refractivity contribution in [1.29, 1.82) is 0 Å². The summed E-state index contributed by atoms with van der Waals surface area (Å²) in [6.07, 6.45) is 5.31. The molecule has 2 rings (SSSR count). The molecule has 1 N–H and O–H groups in total. The van der Waals surface area contributed by atoms with Crippen molar-refractivity contribution in [3.8, 4) is 0 Å². The number of hydrogen-bond donors (Lipinski definition) is 1. The number of nitrogens with zero attached hydrogens (tertiary/aromatic N) is 1. The van der Waals surface area contributed by atoms with Gasteiger partial charge < -0.3 is 9.73 Å². The molecule has 0 saturated heterocycles. The van der Waals surface area contributed by atoms with E-state index in [4.69, 9.17) is 4.42 Å². The molecule has 0 aromatic carbocycles. The Hall–Kier alpha value is -0.850. The van der Waals surface area contributed by atoms with Gasteiger partial charge in [-0.3, -0.25) is 0 Å². The van der Waals surface area contributed by atoms with Crippen molar-refractivity contribution in [3.05, 3.63) is 17.9 Å². The zero-order valence-corrected chi connectivity index (χ0v) is 13.9. The van der Waals surface area contributed by atoms with E-state index < -0.39 is 10.0 Å². The third-order valence-electron chi connectivity index (χ3n) is 4.53. The molecule has 5 nitrogen and oxygen atoms in total. The predicted molar refractivity (Wildman–Crippen MR) is 82.5 cm³/mol. The van der Waals surface area contributed by atoms with E-state index in [9.17, 15) is 8.42 Å². The highest BCUT2D eigenvalue weighted by Gasteiger charge is 2.32. The first-order valence-corrected chi connectivity index (χ1v) is 9.14. The molecule has 0 amide bonds. The van der Waals surface area contributed by atoms with Gasteiger partial charge in [-0.15, -0.1) is 0 Å². The van der Waals surface area contributed by atoms with Crippen molar-refractivity contribution in [2.24, 2.45) is 5.92 Å². The summed E-state index contributed by atoms with van der Waals surface area (Å²) >= 11 is 0. The highest BCUT2D eigenvalue weighted by molar-refractivity contribution is 7.89. The van der Waals surface area contributed by atoms with Crippen molar-refractivity contribution < 1.29 is 12.8 Å². The molecule has 21 heavy (non-hydrogen) atoms. The molecule has 0 aliphatic heterocycles. The van der Waals surface area contributed by atoms with Gasteiger partial charge in [0.2, 0.25) is 5.09 Å².